The molecule has 2 heterocycles. The third-order valence-corrected chi connectivity index (χ3v) is 5.42. The van der Waals surface area contributed by atoms with Gasteiger partial charge < -0.3 is 19.9 Å². The van der Waals surface area contributed by atoms with Gasteiger partial charge in [-0.25, -0.2) is 0 Å². The molecule has 1 saturated heterocycles. The fourth-order valence-corrected chi connectivity index (χ4v) is 3.63. The molecule has 0 spiro atoms. The first-order chi connectivity index (χ1) is 13.0. The average molecular weight is 371 g/mol. The predicted molar refractivity (Wildman–Crippen MR) is 99.4 cm³/mol. The van der Waals surface area contributed by atoms with Gasteiger partial charge in [-0.2, -0.15) is 0 Å². The second-order valence-electron chi connectivity index (χ2n) is 7.59. The molecular weight excluding hydrogens is 346 g/mol. The third kappa shape index (κ3) is 3.91. The van der Waals surface area contributed by atoms with Crippen LogP contribution in [-0.4, -0.2) is 59.8 Å². The summed E-state index contributed by atoms with van der Waals surface area (Å²) in [6, 6.07) is 5.46. The molecule has 7 nitrogen and oxygen atoms in total. The molecule has 1 atom stereocenters. The van der Waals surface area contributed by atoms with Crippen LogP contribution in [0.4, 0.5) is 5.69 Å². The number of nitrogens with zero attached hydrogens (tertiary/aromatic N) is 2. The number of carbonyl (C=O) groups excluding carboxylic acids is 3. The first-order valence-electron chi connectivity index (χ1n) is 9.68. The lowest BCUT2D eigenvalue weighted by molar-refractivity contribution is -0.134. The van der Waals surface area contributed by atoms with Crippen molar-refractivity contribution in [2.24, 2.45) is 5.92 Å². The first kappa shape index (κ1) is 17.8. The minimum absolute atomic E-state index is 0.0482. The monoisotopic (exact) mass is 371 g/mol. The van der Waals surface area contributed by atoms with Crippen LogP contribution in [0.5, 0.6) is 5.75 Å². The van der Waals surface area contributed by atoms with Gasteiger partial charge in [0.25, 0.3) is 5.91 Å². The zero-order chi connectivity index (χ0) is 19.0. The lowest BCUT2D eigenvalue weighted by atomic mass is 10.1. The van der Waals surface area contributed by atoms with Crippen molar-refractivity contribution < 1.29 is 19.1 Å². The Morgan fingerprint density at radius 1 is 1.15 bits per heavy atom. The molecule has 4 rings (SSSR count). The van der Waals surface area contributed by atoms with E-state index in [0.29, 0.717) is 31.1 Å². The maximum Gasteiger partial charge on any atom is 0.265 e. The predicted octanol–water partition coefficient (Wildman–Crippen LogP) is 1.42. The molecule has 27 heavy (non-hydrogen) atoms. The number of rotatable bonds is 3. The van der Waals surface area contributed by atoms with Gasteiger partial charge in [-0.3, -0.25) is 14.4 Å². The Morgan fingerprint density at radius 3 is 2.67 bits per heavy atom. The molecule has 144 valence electrons. The van der Waals surface area contributed by atoms with Crippen LogP contribution in [-0.2, 0) is 20.8 Å². The topological polar surface area (TPSA) is 79.0 Å². The summed E-state index contributed by atoms with van der Waals surface area (Å²) < 4.78 is 5.55. The van der Waals surface area contributed by atoms with E-state index >= 15 is 0 Å². The Labute approximate surface area is 158 Å². The van der Waals surface area contributed by atoms with Crippen LogP contribution >= 0.6 is 0 Å². The molecule has 0 aromatic heterocycles. The number of hydrogen-bond acceptors (Lipinski definition) is 4. The van der Waals surface area contributed by atoms with Crippen molar-refractivity contribution in [2.75, 3.05) is 31.5 Å². The van der Waals surface area contributed by atoms with E-state index in [2.05, 4.69) is 5.32 Å². The maximum absolute atomic E-state index is 12.7. The van der Waals surface area contributed by atoms with Crippen molar-refractivity contribution in [3.8, 4) is 5.75 Å². The minimum Gasteiger partial charge on any atom is -0.479 e. The van der Waals surface area contributed by atoms with Gasteiger partial charge in [0.1, 0.15) is 5.75 Å². The average Bonchev–Trinajstić information content (AvgIpc) is 3.49. The van der Waals surface area contributed by atoms with E-state index in [0.717, 1.165) is 31.4 Å². The van der Waals surface area contributed by atoms with Gasteiger partial charge in [0, 0.05) is 32.1 Å². The summed E-state index contributed by atoms with van der Waals surface area (Å²) >= 11 is 0. The number of anilines is 1. The number of fused-ring (bicyclic) bond motifs is 1. The van der Waals surface area contributed by atoms with E-state index in [-0.39, 0.29) is 30.1 Å². The maximum atomic E-state index is 12.7. The van der Waals surface area contributed by atoms with E-state index in [4.69, 9.17) is 4.74 Å². The minimum atomic E-state index is -0.511. The smallest absolute Gasteiger partial charge is 0.265 e. The number of amides is 3. The van der Waals surface area contributed by atoms with E-state index in [9.17, 15) is 14.4 Å². The third-order valence-electron chi connectivity index (χ3n) is 5.42. The lowest BCUT2D eigenvalue weighted by Crippen LogP contribution is -2.38. The van der Waals surface area contributed by atoms with Crippen LogP contribution in [0.15, 0.2) is 18.2 Å². The quantitative estimate of drug-likeness (QED) is 0.872. The van der Waals surface area contributed by atoms with Crippen molar-refractivity contribution >= 4 is 23.4 Å². The fourth-order valence-electron chi connectivity index (χ4n) is 3.63. The summed E-state index contributed by atoms with van der Waals surface area (Å²) in [5, 5.41) is 2.81. The zero-order valence-corrected chi connectivity index (χ0v) is 15.6. The molecule has 1 N–H and O–H groups in total. The standard InChI is InChI=1S/C20H25N3O4/c1-13-19(25)21-16-11-14(3-6-17(16)27-13)12-18(24)22-7-2-8-23(10-9-22)20(26)15-4-5-15/h3,6,11,13,15H,2,4-5,7-10,12H2,1H3,(H,21,25). The van der Waals surface area contributed by atoms with Crippen molar-refractivity contribution in [3.63, 3.8) is 0 Å². The van der Waals surface area contributed by atoms with Crippen LogP contribution in [0.2, 0.25) is 0 Å². The number of hydrogen-bond donors (Lipinski definition) is 1. The highest BCUT2D eigenvalue weighted by atomic mass is 16.5. The number of benzene rings is 1. The Balaban J connectivity index is 1.37. The van der Waals surface area contributed by atoms with Crippen LogP contribution in [0.1, 0.15) is 31.7 Å². The highest BCUT2D eigenvalue weighted by Gasteiger charge is 2.34. The van der Waals surface area contributed by atoms with Crippen LogP contribution in [0.3, 0.4) is 0 Å². The molecular formula is C20H25N3O4. The second-order valence-corrected chi connectivity index (χ2v) is 7.59. The molecule has 3 aliphatic rings. The number of ether oxygens (including phenoxy) is 1. The SMILES string of the molecule is CC1Oc2ccc(CC(=O)N3CCCN(C(=O)C4CC4)CC3)cc2NC1=O. The van der Waals surface area contributed by atoms with Gasteiger partial charge in [-0.1, -0.05) is 6.07 Å². The Hall–Kier alpha value is -2.57. The summed E-state index contributed by atoms with van der Waals surface area (Å²) in [6.45, 7) is 4.31. The van der Waals surface area contributed by atoms with Crippen molar-refractivity contribution in [1.29, 1.82) is 0 Å². The normalized spacial score (nSPS) is 22.4. The highest BCUT2D eigenvalue weighted by Crippen LogP contribution is 2.32. The molecule has 1 unspecified atom stereocenters. The second kappa shape index (κ2) is 7.21. The van der Waals surface area contributed by atoms with Crippen molar-refractivity contribution in [1.82, 2.24) is 9.80 Å². The summed E-state index contributed by atoms with van der Waals surface area (Å²) in [4.78, 5) is 40.5. The van der Waals surface area contributed by atoms with Gasteiger partial charge in [0.15, 0.2) is 6.10 Å². The molecule has 0 bridgehead atoms. The molecule has 3 amide bonds. The van der Waals surface area contributed by atoms with E-state index < -0.39 is 6.10 Å². The van der Waals surface area contributed by atoms with Crippen LogP contribution in [0.25, 0.3) is 0 Å². The molecule has 1 aromatic rings. The largest absolute Gasteiger partial charge is 0.479 e. The molecule has 1 aromatic carbocycles. The zero-order valence-electron chi connectivity index (χ0n) is 15.6. The summed E-state index contributed by atoms with van der Waals surface area (Å²) in [5.41, 5.74) is 1.45. The van der Waals surface area contributed by atoms with E-state index in [1.54, 1.807) is 19.1 Å². The molecule has 7 heteroatoms. The van der Waals surface area contributed by atoms with Crippen LogP contribution < -0.4 is 10.1 Å². The number of nitrogens with one attached hydrogen (secondary N) is 1. The fraction of sp³-hybridized carbons (Fsp3) is 0.550. The Bertz CT molecular complexity index is 774. The summed E-state index contributed by atoms with van der Waals surface area (Å²) in [6.07, 6.45) is 2.60. The van der Waals surface area contributed by atoms with Gasteiger partial charge in [-0.05, 0) is 43.9 Å². The van der Waals surface area contributed by atoms with Gasteiger partial charge in [0.05, 0.1) is 12.1 Å². The van der Waals surface area contributed by atoms with Crippen molar-refractivity contribution in [3.05, 3.63) is 23.8 Å². The van der Waals surface area contributed by atoms with E-state index in [1.807, 2.05) is 15.9 Å². The molecule has 0 radical (unpaired) electrons. The molecule has 2 aliphatic heterocycles. The summed E-state index contributed by atoms with van der Waals surface area (Å²) in [7, 11) is 0. The van der Waals surface area contributed by atoms with E-state index in [1.165, 1.54) is 0 Å². The van der Waals surface area contributed by atoms with Gasteiger partial charge in [-0.15, -0.1) is 0 Å². The highest BCUT2D eigenvalue weighted by molar-refractivity contribution is 5.97. The van der Waals surface area contributed by atoms with Gasteiger partial charge in [0.2, 0.25) is 11.8 Å². The molecule has 1 saturated carbocycles. The summed E-state index contributed by atoms with van der Waals surface area (Å²) in [5.74, 6) is 0.972. The lowest BCUT2D eigenvalue weighted by Gasteiger charge is -2.24. The van der Waals surface area contributed by atoms with Crippen LogP contribution in [0, 0.1) is 5.92 Å². The van der Waals surface area contributed by atoms with Crippen molar-refractivity contribution in [2.45, 2.75) is 38.7 Å². The molecule has 2 fully saturated rings. The molecule has 1 aliphatic carbocycles. The number of carbonyl (C=O) groups is 3. The Kier molecular flexibility index (Phi) is 4.76. The van der Waals surface area contributed by atoms with Gasteiger partial charge >= 0.3 is 0 Å². The first-order valence-corrected chi connectivity index (χ1v) is 9.68. The Morgan fingerprint density at radius 2 is 1.89 bits per heavy atom.